The standard InChI is InChI=1S/C37H36ClN3O4/c1-22(2)28-15-8-23(3)18-34(28)41(37(44)45)27-14-17-31-25(19-27)11-16-32(39-31)36(43)35(42)30-21-40(33-7-5-4-6-29(30)33)20-24-9-12-26(38)13-10-24/h4-7,9-14,16-17,19,21-23,28,34H,8,15,18,20H2,1-3H3,(H,44,45). The van der Waals surface area contributed by atoms with E-state index in [0.717, 1.165) is 30.3 Å². The molecule has 1 N–H and O–H groups in total. The summed E-state index contributed by atoms with van der Waals surface area (Å²) in [4.78, 5) is 45.8. The highest BCUT2D eigenvalue weighted by Gasteiger charge is 2.37. The maximum Gasteiger partial charge on any atom is 0.412 e. The number of anilines is 1. The summed E-state index contributed by atoms with van der Waals surface area (Å²) in [5.41, 5.74) is 3.33. The van der Waals surface area contributed by atoms with Crippen molar-refractivity contribution < 1.29 is 19.5 Å². The van der Waals surface area contributed by atoms with Crippen molar-refractivity contribution in [3.05, 3.63) is 107 Å². The van der Waals surface area contributed by atoms with Crippen LogP contribution in [0, 0.1) is 17.8 Å². The Morgan fingerprint density at radius 3 is 2.47 bits per heavy atom. The van der Waals surface area contributed by atoms with Crippen LogP contribution in [0.5, 0.6) is 0 Å². The molecule has 2 heterocycles. The second kappa shape index (κ2) is 12.5. The molecule has 5 aromatic rings. The first-order chi connectivity index (χ1) is 21.6. The number of nitrogens with zero attached hydrogens (tertiary/aromatic N) is 3. The summed E-state index contributed by atoms with van der Waals surface area (Å²) in [6.07, 6.45) is 3.68. The molecule has 230 valence electrons. The summed E-state index contributed by atoms with van der Waals surface area (Å²) in [7, 11) is 0. The number of carbonyl (C=O) groups is 3. The zero-order chi connectivity index (χ0) is 31.8. The van der Waals surface area contributed by atoms with Gasteiger partial charge in [0.25, 0.3) is 5.78 Å². The molecule has 7 nitrogen and oxygen atoms in total. The fourth-order valence-corrected chi connectivity index (χ4v) is 6.99. The molecule has 1 aliphatic carbocycles. The predicted molar refractivity (Wildman–Crippen MR) is 179 cm³/mol. The van der Waals surface area contributed by atoms with Crippen LogP contribution in [0.25, 0.3) is 21.8 Å². The summed E-state index contributed by atoms with van der Waals surface area (Å²) in [5, 5.41) is 12.4. The van der Waals surface area contributed by atoms with Crippen molar-refractivity contribution in [3.8, 4) is 0 Å². The molecule has 0 radical (unpaired) electrons. The van der Waals surface area contributed by atoms with Crippen molar-refractivity contribution in [1.29, 1.82) is 0 Å². The van der Waals surface area contributed by atoms with Gasteiger partial charge in [0, 0.05) is 45.8 Å². The predicted octanol–water partition coefficient (Wildman–Crippen LogP) is 8.90. The molecule has 6 rings (SSSR count). The lowest BCUT2D eigenvalue weighted by molar-refractivity contribution is 0.0815. The summed E-state index contributed by atoms with van der Waals surface area (Å²) < 4.78 is 1.96. The topological polar surface area (TPSA) is 92.5 Å². The number of benzene rings is 3. The van der Waals surface area contributed by atoms with Crippen LogP contribution in [-0.2, 0) is 6.54 Å². The molecule has 3 unspecified atom stereocenters. The normalized spacial score (nSPS) is 18.4. The summed E-state index contributed by atoms with van der Waals surface area (Å²) >= 11 is 6.05. The Balaban J connectivity index is 1.29. The molecule has 0 aliphatic heterocycles. The van der Waals surface area contributed by atoms with Crippen LogP contribution in [0.2, 0.25) is 5.02 Å². The van der Waals surface area contributed by atoms with Crippen LogP contribution >= 0.6 is 11.6 Å². The Morgan fingerprint density at radius 2 is 1.73 bits per heavy atom. The molecule has 8 heteroatoms. The van der Waals surface area contributed by atoms with Gasteiger partial charge in [-0.25, -0.2) is 9.78 Å². The van der Waals surface area contributed by atoms with Gasteiger partial charge in [-0.15, -0.1) is 0 Å². The molecule has 0 spiro atoms. The quantitative estimate of drug-likeness (QED) is 0.138. The van der Waals surface area contributed by atoms with Crippen molar-refractivity contribution in [2.75, 3.05) is 4.90 Å². The van der Waals surface area contributed by atoms with E-state index in [-0.39, 0.29) is 17.7 Å². The number of carboxylic acid groups (broad SMARTS) is 1. The highest BCUT2D eigenvalue weighted by Crippen LogP contribution is 2.39. The van der Waals surface area contributed by atoms with Crippen molar-refractivity contribution in [2.45, 2.75) is 52.6 Å². The van der Waals surface area contributed by atoms with E-state index in [4.69, 9.17) is 11.6 Å². The summed E-state index contributed by atoms with van der Waals surface area (Å²) in [5.74, 6) is -0.240. The van der Waals surface area contributed by atoms with E-state index in [1.54, 1.807) is 30.5 Å². The lowest BCUT2D eigenvalue weighted by atomic mass is 9.73. The Kier molecular flexibility index (Phi) is 8.47. The van der Waals surface area contributed by atoms with Crippen molar-refractivity contribution in [1.82, 2.24) is 9.55 Å². The third-order valence-electron chi connectivity index (χ3n) is 9.21. The lowest BCUT2D eigenvalue weighted by Gasteiger charge is -2.42. The number of para-hydroxylation sites is 1. The Morgan fingerprint density at radius 1 is 0.978 bits per heavy atom. The molecule has 1 amide bonds. The number of pyridine rings is 1. The molecule has 45 heavy (non-hydrogen) atoms. The average molecular weight is 622 g/mol. The van der Waals surface area contributed by atoms with Gasteiger partial charge in [0.05, 0.1) is 11.1 Å². The number of halogens is 1. The molecule has 3 aromatic carbocycles. The number of amides is 1. The lowest BCUT2D eigenvalue weighted by Crippen LogP contribution is -2.48. The zero-order valence-corrected chi connectivity index (χ0v) is 26.4. The number of carbonyl (C=O) groups excluding carboxylic acids is 2. The molecule has 0 bridgehead atoms. The first-order valence-electron chi connectivity index (χ1n) is 15.4. The first kappa shape index (κ1) is 30.5. The first-order valence-corrected chi connectivity index (χ1v) is 15.8. The van der Waals surface area contributed by atoms with E-state index < -0.39 is 17.7 Å². The van der Waals surface area contributed by atoms with E-state index >= 15 is 0 Å². The molecule has 1 saturated carbocycles. The van der Waals surface area contributed by atoms with Gasteiger partial charge in [0.2, 0.25) is 5.78 Å². The summed E-state index contributed by atoms with van der Waals surface area (Å²) in [6.45, 7) is 7.02. The molecule has 3 atom stereocenters. The Hall–Kier alpha value is -4.49. The van der Waals surface area contributed by atoms with Crippen molar-refractivity contribution in [3.63, 3.8) is 0 Å². The molecule has 0 saturated heterocycles. The molecule has 1 aliphatic rings. The van der Waals surface area contributed by atoms with Gasteiger partial charge >= 0.3 is 6.09 Å². The van der Waals surface area contributed by atoms with Crippen LogP contribution in [0.4, 0.5) is 10.5 Å². The van der Waals surface area contributed by atoms with E-state index in [1.807, 2.05) is 59.2 Å². The van der Waals surface area contributed by atoms with Gasteiger partial charge in [-0.3, -0.25) is 14.5 Å². The largest absolute Gasteiger partial charge is 0.465 e. The van der Waals surface area contributed by atoms with Crippen molar-refractivity contribution >= 4 is 56.8 Å². The SMILES string of the molecule is CC1CCC(C(C)C)C(N(C(=O)O)c2ccc3nc(C(=O)C(=O)c4cn(Cc5ccc(Cl)cc5)c5ccccc45)ccc3c2)C1. The van der Waals surface area contributed by atoms with E-state index in [1.165, 1.54) is 4.90 Å². The van der Waals surface area contributed by atoms with Gasteiger partial charge in [-0.05, 0) is 78.6 Å². The third kappa shape index (κ3) is 6.09. The number of hydrogen-bond donors (Lipinski definition) is 1. The van der Waals surface area contributed by atoms with Crippen LogP contribution < -0.4 is 4.90 Å². The van der Waals surface area contributed by atoms with Crippen LogP contribution in [0.15, 0.2) is 85.1 Å². The fraction of sp³-hybridized carbons (Fsp3) is 0.297. The van der Waals surface area contributed by atoms with Gasteiger partial charge in [0.1, 0.15) is 5.69 Å². The third-order valence-corrected chi connectivity index (χ3v) is 9.47. The van der Waals surface area contributed by atoms with Crippen LogP contribution in [0.1, 0.15) is 66.4 Å². The Bertz CT molecular complexity index is 1910. The Labute approximate surface area is 267 Å². The summed E-state index contributed by atoms with van der Waals surface area (Å²) in [6, 6.07) is 23.5. The van der Waals surface area contributed by atoms with Gasteiger partial charge in [0.15, 0.2) is 0 Å². The average Bonchev–Trinajstić information content (AvgIpc) is 3.39. The molecular weight excluding hydrogens is 586 g/mol. The highest BCUT2D eigenvalue weighted by molar-refractivity contribution is 6.50. The van der Waals surface area contributed by atoms with E-state index in [2.05, 4.69) is 25.8 Å². The minimum Gasteiger partial charge on any atom is -0.465 e. The number of rotatable bonds is 8. The van der Waals surface area contributed by atoms with Crippen LogP contribution in [-0.4, -0.2) is 38.4 Å². The molecule has 1 fully saturated rings. The van der Waals surface area contributed by atoms with E-state index in [9.17, 15) is 19.5 Å². The molecular formula is C37H36ClN3O4. The number of hydrogen-bond acceptors (Lipinski definition) is 4. The maximum absolute atomic E-state index is 13.6. The molecule has 2 aromatic heterocycles. The number of fused-ring (bicyclic) bond motifs is 2. The van der Waals surface area contributed by atoms with Gasteiger partial charge in [-0.1, -0.05) is 75.2 Å². The smallest absolute Gasteiger partial charge is 0.412 e. The fourth-order valence-electron chi connectivity index (χ4n) is 6.87. The zero-order valence-electron chi connectivity index (χ0n) is 25.6. The second-order valence-electron chi connectivity index (χ2n) is 12.6. The van der Waals surface area contributed by atoms with Crippen LogP contribution in [0.3, 0.4) is 0 Å². The number of ketones is 2. The van der Waals surface area contributed by atoms with Crippen molar-refractivity contribution in [2.24, 2.45) is 17.8 Å². The van der Waals surface area contributed by atoms with Gasteiger partial charge < -0.3 is 9.67 Å². The highest BCUT2D eigenvalue weighted by atomic mass is 35.5. The van der Waals surface area contributed by atoms with Gasteiger partial charge in [-0.2, -0.15) is 0 Å². The number of Topliss-reactive ketones (excluding diaryl/α,β-unsaturated/α-hetero) is 2. The minimum atomic E-state index is -0.973. The second-order valence-corrected chi connectivity index (χ2v) is 13.0. The monoisotopic (exact) mass is 621 g/mol. The number of aromatic nitrogens is 2. The van der Waals surface area contributed by atoms with E-state index in [0.29, 0.717) is 50.9 Å². The maximum atomic E-state index is 13.6. The minimum absolute atomic E-state index is 0.0471.